The van der Waals surface area contributed by atoms with Crippen LogP contribution < -0.4 is 9.64 Å². The fourth-order valence-electron chi connectivity index (χ4n) is 3.06. The predicted octanol–water partition coefficient (Wildman–Crippen LogP) is 4.84. The largest absolute Gasteiger partial charge is 0.457 e. The maximum Gasteiger partial charge on any atom is 0.260 e. The lowest BCUT2D eigenvalue weighted by atomic mass is 10.1. The maximum atomic E-state index is 14.2. The molecule has 0 bridgehead atoms. The van der Waals surface area contributed by atoms with E-state index in [0.717, 1.165) is 0 Å². The van der Waals surface area contributed by atoms with Crippen LogP contribution in [-0.2, 0) is 0 Å². The molecule has 1 unspecified atom stereocenters. The summed E-state index contributed by atoms with van der Waals surface area (Å²) < 4.78 is 20.0. The minimum atomic E-state index is -0.909. The van der Waals surface area contributed by atoms with Gasteiger partial charge in [-0.3, -0.25) is 9.69 Å². The molecule has 4 rings (SSSR count). The Morgan fingerprint density at radius 2 is 1.69 bits per heavy atom. The number of para-hydroxylation sites is 2. The Hall–Kier alpha value is -3.65. The Kier molecular flexibility index (Phi) is 3.86. The summed E-state index contributed by atoms with van der Waals surface area (Å²) in [6, 6.07) is 21.3. The van der Waals surface area contributed by atoms with Gasteiger partial charge in [-0.2, -0.15) is 5.26 Å². The van der Waals surface area contributed by atoms with Gasteiger partial charge < -0.3 is 4.74 Å². The highest BCUT2D eigenvalue weighted by atomic mass is 19.1. The molecule has 5 heteroatoms. The van der Waals surface area contributed by atoms with E-state index in [1.807, 2.05) is 30.3 Å². The van der Waals surface area contributed by atoms with Gasteiger partial charge in [0.15, 0.2) is 6.04 Å². The van der Waals surface area contributed by atoms with Gasteiger partial charge in [-0.15, -0.1) is 0 Å². The van der Waals surface area contributed by atoms with Gasteiger partial charge >= 0.3 is 0 Å². The van der Waals surface area contributed by atoms with E-state index in [4.69, 9.17) is 4.74 Å². The number of fused-ring (bicyclic) bond motifs is 1. The van der Waals surface area contributed by atoms with Gasteiger partial charge in [-0.05, 0) is 42.5 Å². The summed E-state index contributed by atoms with van der Waals surface area (Å²) >= 11 is 0. The lowest BCUT2D eigenvalue weighted by Gasteiger charge is -2.20. The zero-order chi connectivity index (χ0) is 18.1. The lowest BCUT2D eigenvalue weighted by Crippen LogP contribution is -2.27. The first-order chi connectivity index (χ1) is 12.7. The van der Waals surface area contributed by atoms with Crippen molar-refractivity contribution in [2.75, 3.05) is 4.90 Å². The first-order valence-electron chi connectivity index (χ1n) is 8.03. The van der Waals surface area contributed by atoms with Crippen molar-refractivity contribution >= 4 is 11.6 Å². The molecule has 0 spiro atoms. The number of ether oxygens (including phenoxy) is 1. The third-order valence-electron chi connectivity index (χ3n) is 4.24. The molecule has 1 amide bonds. The third kappa shape index (κ3) is 2.58. The van der Waals surface area contributed by atoms with E-state index in [1.54, 1.807) is 30.3 Å². The van der Waals surface area contributed by atoms with E-state index in [9.17, 15) is 14.4 Å². The average Bonchev–Trinajstić information content (AvgIpc) is 2.94. The second kappa shape index (κ2) is 6.34. The number of anilines is 1. The van der Waals surface area contributed by atoms with Crippen LogP contribution in [0.25, 0.3) is 0 Å². The molecule has 1 atom stereocenters. The summed E-state index contributed by atoms with van der Waals surface area (Å²) in [5.41, 5.74) is 0.972. The topological polar surface area (TPSA) is 53.3 Å². The summed E-state index contributed by atoms with van der Waals surface area (Å²) in [5.74, 6) is 0.215. The van der Waals surface area contributed by atoms with Crippen molar-refractivity contribution in [3.63, 3.8) is 0 Å². The third-order valence-corrected chi connectivity index (χ3v) is 4.24. The van der Waals surface area contributed by atoms with Crippen LogP contribution in [0.5, 0.6) is 11.5 Å². The smallest absolute Gasteiger partial charge is 0.260 e. The molecular formula is C21H13FN2O2. The molecule has 1 heterocycles. The Morgan fingerprint density at radius 3 is 2.42 bits per heavy atom. The van der Waals surface area contributed by atoms with Crippen LogP contribution in [0.15, 0.2) is 72.8 Å². The number of carbonyl (C=O) groups is 1. The van der Waals surface area contributed by atoms with Gasteiger partial charge in [-0.1, -0.05) is 30.3 Å². The van der Waals surface area contributed by atoms with Crippen LogP contribution in [0.4, 0.5) is 10.1 Å². The monoisotopic (exact) mass is 344 g/mol. The van der Waals surface area contributed by atoms with Crippen molar-refractivity contribution in [1.82, 2.24) is 0 Å². The number of amides is 1. The second-order valence-electron chi connectivity index (χ2n) is 5.82. The molecule has 4 nitrogen and oxygen atoms in total. The molecule has 126 valence electrons. The number of rotatable bonds is 3. The van der Waals surface area contributed by atoms with Crippen molar-refractivity contribution in [3.05, 3.63) is 89.7 Å². The zero-order valence-corrected chi connectivity index (χ0v) is 13.6. The molecule has 0 saturated carbocycles. The average molecular weight is 344 g/mol. The van der Waals surface area contributed by atoms with E-state index in [-0.39, 0.29) is 5.69 Å². The van der Waals surface area contributed by atoms with E-state index < -0.39 is 17.8 Å². The van der Waals surface area contributed by atoms with Gasteiger partial charge in [0, 0.05) is 11.1 Å². The molecule has 0 fully saturated rings. The summed E-state index contributed by atoms with van der Waals surface area (Å²) in [7, 11) is 0. The molecule has 26 heavy (non-hydrogen) atoms. The highest BCUT2D eigenvalue weighted by Gasteiger charge is 2.39. The van der Waals surface area contributed by atoms with Crippen LogP contribution in [-0.4, -0.2) is 5.91 Å². The molecule has 3 aromatic rings. The number of carbonyl (C=O) groups excluding carboxylic acids is 1. The van der Waals surface area contributed by atoms with Crippen molar-refractivity contribution in [2.45, 2.75) is 6.04 Å². The van der Waals surface area contributed by atoms with Crippen LogP contribution in [0.1, 0.15) is 22.0 Å². The molecule has 1 aliphatic rings. The van der Waals surface area contributed by atoms with Crippen LogP contribution in [0.2, 0.25) is 0 Å². The van der Waals surface area contributed by atoms with Gasteiger partial charge in [0.2, 0.25) is 0 Å². The zero-order valence-electron chi connectivity index (χ0n) is 13.6. The number of hydrogen-bond acceptors (Lipinski definition) is 3. The minimum Gasteiger partial charge on any atom is -0.457 e. The molecule has 0 aromatic heterocycles. The Balaban J connectivity index is 1.74. The van der Waals surface area contributed by atoms with Gasteiger partial charge in [0.25, 0.3) is 5.91 Å². The summed E-state index contributed by atoms with van der Waals surface area (Å²) in [5, 5.41) is 9.63. The normalized spacial score (nSPS) is 15.5. The van der Waals surface area contributed by atoms with E-state index in [0.29, 0.717) is 22.6 Å². The van der Waals surface area contributed by atoms with Crippen molar-refractivity contribution in [1.29, 1.82) is 5.26 Å². The van der Waals surface area contributed by atoms with E-state index >= 15 is 0 Å². The number of nitrogens with zero attached hydrogens (tertiary/aromatic N) is 2. The molecule has 0 aliphatic carbocycles. The number of benzene rings is 3. The first kappa shape index (κ1) is 15.9. The van der Waals surface area contributed by atoms with Gasteiger partial charge in [0.1, 0.15) is 17.3 Å². The minimum absolute atomic E-state index is 0.0887. The maximum absolute atomic E-state index is 14.2. The fraction of sp³-hybridized carbons (Fsp3) is 0.0476. The van der Waals surface area contributed by atoms with Crippen molar-refractivity contribution < 1.29 is 13.9 Å². The van der Waals surface area contributed by atoms with Crippen LogP contribution in [0.3, 0.4) is 0 Å². The first-order valence-corrected chi connectivity index (χ1v) is 8.03. The molecule has 1 aliphatic heterocycles. The Labute approximate surface area is 149 Å². The van der Waals surface area contributed by atoms with Crippen molar-refractivity contribution in [2.24, 2.45) is 0 Å². The number of nitriles is 1. The molecule has 0 radical (unpaired) electrons. The predicted molar refractivity (Wildman–Crippen MR) is 94.5 cm³/mol. The molecule has 3 aromatic carbocycles. The SMILES string of the molecule is N#CC1c2cc(Oc3ccccc3)ccc2C(=O)N1c1ccccc1F. The van der Waals surface area contributed by atoms with Crippen LogP contribution >= 0.6 is 0 Å². The summed E-state index contributed by atoms with van der Waals surface area (Å²) in [6.45, 7) is 0. The standard InChI is InChI=1S/C21H13FN2O2/c22-18-8-4-5-9-19(18)24-20(13-23)17-12-15(10-11-16(17)21(24)25)26-14-6-2-1-3-7-14/h1-12,20H. The van der Waals surface area contributed by atoms with Crippen molar-refractivity contribution in [3.8, 4) is 17.6 Å². The quantitative estimate of drug-likeness (QED) is 0.683. The molecule has 0 saturated heterocycles. The number of halogens is 1. The highest BCUT2D eigenvalue weighted by Crippen LogP contribution is 2.40. The summed E-state index contributed by atoms with van der Waals surface area (Å²) in [6.07, 6.45) is 0. The van der Waals surface area contributed by atoms with Crippen LogP contribution in [0, 0.1) is 17.1 Å². The lowest BCUT2D eigenvalue weighted by molar-refractivity contribution is 0.0993. The van der Waals surface area contributed by atoms with Gasteiger partial charge in [-0.25, -0.2) is 4.39 Å². The van der Waals surface area contributed by atoms with E-state index in [1.165, 1.54) is 17.0 Å². The van der Waals surface area contributed by atoms with Gasteiger partial charge in [0.05, 0.1) is 11.8 Å². The fourth-order valence-corrected chi connectivity index (χ4v) is 3.06. The second-order valence-corrected chi connectivity index (χ2v) is 5.82. The Morgan fingerprint density at radius 1 is 0.962 bits per heavy atom. The molecular weight excluding hydrogens is 331 g/mol. The molecule has 0 N–H and O–H groups in total. The van der Waals surface area contributed by atoms with E-state index in [2.05, 4.69) is 6.07 Å². The highest BCUT2D eigenvalue weighted by molar-refractivity contribution is 6.11. The Bertz CT molecular complexity index is 1030. The number of hydrogen-bond donors (Lipinski definition) is 0. The summed E-state index contributed by atoms with van der Waals surface area (Å²) in [4.78, 5) is 13.9.